The largest absolute Gasteiger partial charge is 0.497 e. The number of nitrogens with one attached hydrogen (secondary N) is 1. The molecule has 6 nitrogen and oxygen atoms in total. The normalized spacial score (nSPS) is 14.9. The Hall–Kier alpha value is -3.42. The maximum absolute atomic E-state index is 13.2. The van der Waals surface area contributed by atoms with Gasteiger partial charge in [0.15, 0.2) is 0 Å². The third-order valence-electron chi connectivity index (χ3n) is 5.88. The molecule has 0 bridgehead atoms. The van der Waals surface area contributed by atoms with Gasteiger partial charge in [0.05, 0.1) is 31.9 Å². The molecular weight excluding hydrogens is 435 g/mol. The Morgan fingerprint density at radius 3 is 2.44 bits per heavy atom. The second kappa shape index (κ2) is 11.6. The minimum absolute atomic E-state index is 0.00560. The monoisotopic (exact) mass is 464 g/mol. The molecule has 0 saturated carbocycles. The van der Waals surface area contributed by atoms with E-state index in [-0.39, 0.29) is 24.4 Å². The lowest BCUT2D eigenvalue weighted by Crippen LogP contribution is -2.43. The van der Waals surface area contributed by atoms with E-state index in [4.69, 9.17) is 14.2 Å². The van der Waals surface area contributed by atoms with E-state index in [9.17, 15) is 9.18 Å². The number of nitrogens with zero attached hydrogens (tertiary/aromatic N) is 1. The van der Waals surface area contributed by atoms with Gasteiger partial charge in [0.25, 0.3) is 5.91 Å². The van der Waals surface area contributed by atoms with Gasteiger partial charge in [-0.05, 0) is 47.5 Å². The summed E-state index contributed by atoms with van der Waals surface area (Å²) in [7, 11) is 1.64. The predicted molar refractivity (Wildman–Crippen MR) is 128 cm³/mol. The van der Waals surface area contributed by atoms with Gasteiger partial charge in [-0.2, -0.15) is 0 Å². The molecule has 3 aromatic carbocycles. The topological polar surface area (TPSA) is 60.0 Å². The van der Waals surface area contributed by atoms with E-state index in [0.29, 0.717) is 31.1 Å². The van der Waals surface area contributed by atoms with Crippen LogP contribution in [0.2, 0.25) is 0 Å². The molecule has 0 spiro atoms. The van der Waals surface area contributed by atoms with Crippen LogP contribution in [0.25, 0.3) is 0 Å². The van der Waals surface area contributed by atoms with Crippen molar-refractivity contribution in [3.05, 3.63) is 95.3 Å². The Balaban J connectivity index is 1.45. The fourth-order valence-electron chi connectivity index (χ4n) is 3.98. The van der Waals surface area contributed by atoms with Crippen LogP contribution in [0.5, 0.6) is 11.5 Å². The van der Waals surface area contributed by atoms with Gasteiger partial charge in [-0.15, -0.1) is 0 Å². The number of morpholine rings is 1. The molecule has 1 amide bonds. The fraction of sp³-hybridized carbons (Fsp3) is 0.296. The van der Waals surface area contributed by atoms with Crippen LogP contribution in [0.15, 0.2) is 72.8 Å². The van der Waals surface area contributed by atoms with Crippen LogP contribution < -0.4 is 14.8 Å². The van der Waals surface area contributed by atoms with Crippen molar-refractivity contribution in [2.75, 3.05) is 40.0 Å². The summed E-state index contributed by atoms with van der Waals surface area (Å²) in [5.74, 6) is 0.772. The highest BCUT2D eigenvalue weighted by molar-refractivity contribution is 5.96. The van der Waals surface area contributed by atoms with E-state index in [0.717, 1.165) is 30.0 Å². The molecule has 1 fully saturated rings. The Morgan fingerprint density at radius 1 is 1.03 bits per heavy atom. The minimum Gasteiger partial charge on any atom is -0.497 e. The molecule has 0 radical (unpaired) electrons. The number of carbonyl (C=O) groups excluding carboxylic acids is 1. The van der Waals surface area contributed by atoms with Crippen LogP contribution in [-0.2, 0) is 11.3 Å². The first-order valence-electron chi connectivity index (χ1n) is 11.3. The Labute approximate surface area is 199 Å². The molecule has 3 aromatic rings. The summed E-state index contributed by atoms with van der Waals surface area (Å²) >= 11 is 0. The molecule has 0 aromatic heterocycles. The first-order chi connectivity index (χ1) is 16.6. The Bertz CT molecular complexity index is 1070. The zero-order chi connectivity index (χ0) is 23.8. The number of ether oxygens (including phenoxy) is 3. The summed E-state index contributed by atoms with van der Waals surface area (Å²) in [6.07, 6.45) is 0. The number of halogens is 1. The van der Waals surface area contributed by atoms with Gasteiger partial charge >= 0.3 is 0 Å². The molecule has 7 heteroatoms. The highest BCUT2D eigenvalue weighted by Gasteiger charge is 2.24. The second-order valence-corrected chi connectivity index (χ2v) is 8.06. The third kappa shape index (κ3) is 6.12. The Kier molecular flexibility index (Phi) is 8.12. The number of hydrogen-bond acceptors (Lipinski definition) is 5. The van der Waals surface area contributed by atoms with E-state index in [2.05, 4.69) is 10.2 Å². The van der Waals surface area contributed by atoms with Crippen LogP contribution in [0, 0.1) is 5.82 Å². The Morgan fingerprint density at radius 2 is 1.74 bits per heavy atom. The summed E-state index contributed by atoms with van der Waals surface area (Å²) in [6, 6.07) is 21.2. The van der Waals surface area contributed by atoms with Crippen molar-refractivity contribution >= 4 is 5.91 Å². The molecule has 34 heavy (non-hydrogen) atoms. The van der Waals surface area contributed by atoms with Crippen molar-refractivity contribution in [2.24, 2.45) is 0 Å². The number of hydrogen-bond donors (Lipinski definition) is 1. The lowest BCUT2D eigenvalue weighted by atomic mass is 10.0. The molecule has 1 atom stereocenters. The maximum atomic E-state index is 13.2. The van der Waals surface area contributed by atoms with Crippen molar-refractivity contribution in [3.63, 3.8) is 0 Å². The summed E-state index contributed by atoms with van der Waals surface area (Å²) in [4.78, 5) is 15.5. The first-order valence-corrected chi connectivity index (χ1v) is 11.3. The molecule has 4 rings (SSSR count). The number of methoxy groups -OCH3 is 1. The van der Waals surface area contributed by atoms with Gasteiger partial charge in [-0.3, -0.25) is 9.69 Å². The predicted octanol–water partition coefficient (Wildman–Crippen LogP) is 4.22. The number of carbonyl (C=O) groups is 1. The van der Waals surface area contributed by atoms with Gasteiger partial charge in [-0.1, -0.05) is 36.4 Å². The summed E-state index contributed by atoms with van der Waals surface area (Å²) < 4.78 is 29.9. The molecule has 1 aliphatic heterocycles. The van der Waals surface area contributed by atoms with Gasteiger partial charge in [0, 0.05) is 19.6 Å². The van der Waals surface area contributed by atoms with E-state index in [1.165, 1.54) is 12.1 Å². The smallest absolute Gasteiger partial charge is 0.255 e. The van der Waals surface area contributed by atoms with Gasteiger partial charge < -0.3 is 19.5 Å². The van der Waals surface area contributed by atoms with Crippen LogP contribution in [0.1, 0.15) is 27.5 Å². The summed E-state index contributed by atoms with van der Waals surface area (Å²) in [6.45, 7) is 3.61. The van der Waals surface area contributed by atoms with E-state index >= 15 is 0 Å². The standard InChI is InChI=1S/C27H29FN2O4/c1-32-23-12-8-21(9-13-23)25(30-14-16-33-17-15-30)18-29-27(31)24-4-2-3-5-26(24)34-19-20-6-10-22(28)11-7-20/h2-13,25H,14-19H2,1H3,(H,29,31)/t25-/m0/s1. The van der Waals surface area contributed by atoms with Crippen molar-refractivity contribution in [1.82, 2.24) is 10.2 Å². The van der Waals surface area contributed by atoms with Crippen LogP contribution in [0.3, 0.4) is 0 Å². The third-order valence-corrected chi connectivity index (χ3v) is 5.88. The van der Waals surface area contributed by atoms with Gasteiger partial charge in [-0.25, -0.2) is 4.39 Å². The summed E-state index contributed by atoms with van der Waals surface area (Å²) in [5.41, 5.74) is 2.38. The van der Waals surface area contributed by atoms with Crippen molar-refractivity contribution < 1.29 is 23.4 Å². The zero-order valence-corrected chi connectivity index (χ0v) is 19.2. The zero-order valence-electron chi connectivity index (χ0n) is 19.2. The molecule has 178 valence electrons. The molecule has 1 aliphatic rings. The lowest BCUT2D eigenvalue weighted by Gasteiger charge is -2.35. The van der Waals surface area contributed by atoms with Crippen LogP contribution in [-0.4, -0.2) is 50.8 Å². The molecule has 1 saturated heterocycles. The van der Waals surface area contributed by atoms with Gasteiger partial charge in [0.2, 0.25) is 0 Å². The van der Waals surface area contributed by atoms with Crippen molar-refractivity contribution in [1.29, 1.82) is 0 Å². The minimum atomic E-state index is -0.296. The number of amides is 1. The highest BCUT2D eigenvalue weighted by Crippen LogP contribution is 2.25. The number of para-hydroxylation sites is 1. The molecule has 0 aliphatic carbocycles. The highest BCUT2D eigenvalue weighted by atomic mass is 19.1. The first kappa shape index (κ1) is 23.7. The van der Waals surface area contributed by atoms with Gasteiger partial charge in [0.1, 0.15) is 23.9 Å². The van der Waals surface area contributed by atoms with Crippen LogP contribution >= 0.6 is 0 Å². The number of benzene rings is 3. The maximum Gasteiger partial charge on any atom is 0.255 e. The molecule has 1 N–H and O–H groups in total. The van der Waals surface area contributed by atoms with E-state index < -0.39 is 0 Å². The average molecular weight is 465 g/mol. The fourth-order valence-corrected chi connectivity index (χ4v) is 3.98. The average Bonchev–Trinajstić information content (AvgIpc) is 2.89. The van der Waals surface area contributed by atoms with E-state index in [1.807, 2.05) is 36.4 Å². The van der Waals surface area contributed by atoms with Crippen molar-refractivity contribution in [3.8, 4) is 11.5 Å². The quantitative estimate of drug-likeness (QED) is 0.514. The SMILES string of the molecule is COc1ccc([C@H](CNC(=O)c2ccccc2OCc2ccc(F)cc2)N2CCOCC2)cc1. The molecular formula is C27H29FN2O4. The lowest BCUT2D eigenvalue weighted by molar-refractivity contribution is 0.0162. The second-order valence-electron chi connectivity index (χ2n) is 8.06. The molecule has 1 heterocycles. The summed E-state index contributed by atoms with van der Waals surface area (Å²) in [5, 5.41) is 3.09. The van der Waals surface area contributed by atoms with E-state index in [1.54, 1.807) is 31.4 Å². The van der Waals surface area contributed by atoms with Crippen molar-refractivity contribution in [2.45, 2.75) is 12.6 Å². The van der Waals surface area contributed by atoms with Crippen LogP contribution in [0.4, 0.5) is 4.39 Å². The molecule has 0 unspecified atom stereocenters. The number of rotatable bonds is 9.